The first kappa shape index (κ1) is 16.3. The van der Waals surface area contributed by atoms with Crippen molar-refractivity contribution in [3.63, 3.8) is 0 Å². The van der Waals surface area contributed by atoms with Gasteiger partial charge >= 0.3 is 0 Å². The van der Waals surface area contributed by atoms with Gasteiger partial charge in [0.25, 0.3) is 0 Å². The van der Waals surface area contributed by atoms with E-state index in [9.17, 15) is 5.11 Å². The number of aromatic hydroxyl groups is 1. The molecule has 0 aliphatic rings. The lowest BCUT2D eigenvalue weighted by Crippen LogP contribution is -1.77. The molecule has 0 aliphatic carbocycles. The lowest BCUT2D eigenvalue weighted by Gasteiger charge is -2.01. The van der Waals surface area contributed by atoms with Gasteiger partial charge in [-0.25, -0.2) is 0 Å². The summed E-state index contributed by atoms with van der Waals surface area (Å²) < 4.78 is 5.43. The highest BCUT2D eigenvalue weighted by atomic mass is 16.3. The molecule has 2 aromatic rings. The Labute approximate surface area is 110 Å². The summed E-state index contributed by atoms with van der Waals surface area (Å²) in [5.41, 5.74) is 1.78. The van der Waals surface area contributed by atoms with Crippen LogP contribution in [0.5, 0.6) is 5.75 Å². The molecule has 1 aromatic carbocycles. The normalized spacial score (nSPS) is 8.78. The molecule has 100 valence electrons. The summed E-state index contributed by atoms with van der Waals surface area (Å²) in [6.07, 6.45) is 0. The third kappa shape index (κ3) is 4.28. The van der Waals surface area contributed by atoms with Gasteiger partial charge in [-0.3, -0.25) is 0 Å². The van der Waals surface area contributed by atoms with Crippen molar-refractivity contribution in [3.05, 3.63) is 41.7 Å². The van der Waals surface area contributed by atoms with E-state index in [2.05, 4.69) is 0 Å². The van der Waals surface area contributed by atoms with Crippen molar-refractivity contribution in [3.8, 4) is 17.1 Å². The Morgan fingerprint density at radius 1 is 0.889 bits per heavy atom. The molecule has 2 rings (SSSR count). The maximum atomic E-state index is 9.69. The van der Waals surface area contributed by atoms with E-state index < -0.39 is 0 Å². The Balaban J connectivity index is 0.000000659. The van der Waals surface area contributed by atoms with Crippen LogP contribution in [0.4, 0.5) is 0 Å². The van der Waals surface area contributed by atoms with Gasteiger partial charge in [-0.2, -0.15) is 0 Å². The van der Waals surface area contributed by atoms with E-state index in [1.165, 1.54) is 0 Å². The summed E-state index contributed by atoms with van der Waals surface area (Å²) in [5, 5.41) is 9.69. The maximum absolute atomic E-state index is 9.69. The van der Waals surface area contributed by atoms with E-state index in [0.29, 0.717) is 5.76 Å². The quantitative estimate of drug-likeness (QED) is 0.740. The molecule has 0 atom stereocenters. The summed E-state index contributed by atoms with van der Waals surface area (Å²) >= 11 is 0. The Hall–Kier alpha value is -1.70. The Morgan fingerprint density at radius 2 is 1.50 bits per heavy atom. The smallest absolute Gasteiger partial charge is 0.137 e. The van der Waals surface area contributed by atoms with E-state index in [-0.39, 0.29) is 5.75 Å². The molecule has 0 amide bonds. The highest BCUT2D eigenvalue weighted by Gasteiger charge is 2.07. The second-order valence-corrected chi connectivity index (χ2v) is 3.43. The lowest BCUT2D eigenvalue weighted by molar-refractivity contribution is 0.472. The van der Waals surface area contributed by atoms with Crippen molar-refractivity contribution in [2.24, 2.45) is 0 Å². The zero-order valence-electron chi connectivity index (χ0n) is 12.2. The zero-order chi connectivity index (χ0) is 14.1. The van der Waals surface area contributed by atoms with Gasteiger partial charge in [0.05, 0.1) is 5.56 Å². The van der Waals surface area contributed by atoms with Gasteiger partial charge in [0.2, 0.25) is 0 Å². The van der Waals surface area contributed by atoms with Gasteiger partial charge in [-0.1, -0.05) is 33.8 Å². The van der Waals surface area contributed by atoms with Crippen molar-refractivity contribution in [1.82, 2.24) is 0 Å². The minimum absolute atomic E-state index is 0.263. The molecule has 0 fully saturated rings. The molecule has 0 spiro atoms. The first-order chi connectivity index (χ1) is 8.66. The SMILES string of the molecule is CC.CC.Cc1ccc(-c2ccc(C)o2)c(O)c1. The van der Waals surface area contributed by atoms with Crippen molar-refractivity contribution >= 4 is 0 Å². The van der Waals surface area contributed by atoms with Gasteiger partial charge in [-0.05, 0) is 43.7 Å². The van der Waals surface area contributed by atoms with Crippen LogP contribution in [0.25, 0.3) is 11.3 Å². The summed E-state index contributed by atoms with van der Waals surface area (Å²) in [4.78, 5) is 0. The monoisotopic (exact) mass is 248 g/mol. The summed E-state index contributed by atoms with van der Waals surface area (Å²) in [7, 11) is 0. The number of phenolic OH excluding ortho intramolecular Hbond substituents is 1. The largest absolute Gasteiger partial charge is 0.507 e. The van der Waals surface area contributed by atoms with E-state index in [1.54, 1.807) is 6.07 Å². The Kier molecular flexibility index (Phi) is 7.61. The van der Waals surface area contributed by atoms with Crippen LogP contribution in [-0.2, 0) is 0 Å². The fraction of sp³-hybridized carbons (Fsp3) is 0.375. The molecule has 1 aromatic heterocycles. The molecule has 1 heterocycles. The molecular weight excluding hydrogens is 224 g/mol. The van der Waals surface area contributed by atoms with Gasteiger partial charge in [0.1, 0.15) is 17.3 Å². The average molecular weight is 248 g/mol. The van der Waals surface area contributed by atoms with Crippen LogP contribution >= 0.6 is 0 Å². The number of rotatable bonds is 1. The number of furan rings is 1. The molecule has 18 heavy (non-hydrogen) atoms. The molecule has 1 N–H and O–H groups in total. The Morgan fingerprint density at radius 3 is 1.94 bits per heavy atom. The molecule has 0 aliphatic heterocycles. The lowest BCUT2D eigenvalue weighted by atomic mass is 10.1. The van der Waals surface area contributed by atoms with E-state index in [1.807, 2.05) is 65.8 Å². The van der Waals surface area contributed by atoms with E-state index in [4.69, 9.17) is 4.42 Å². The second-order valence-electron chi connectivity index (χ2n) is 3.43. The van der Waals surface area contributed by atoms with Crippen molar-refractivity contribution < 1.29 is 9.52 Å². The fourth-order valence-electron chi connectivity index (χ4n) is 1.43. The van der Waals surface area contributed by atoms with E-state index in [0.717, 1.165) is 16.9 Å². The third-order valence-electron chi connectivity index (χ3n) is 2.16. The second kappa shape index (κ2) is 8.40. The van der Waals surface area contributed by atoms with Crippen LogP contribution in [0.15, 0.2) is 34.7 Å². The standard InChI is InChI=1S/C12H12O2.2C2H6/c1-8-3-5-10(11(13)7-8)12-6-4-9(2)14-12;2*1-2/h3-7,13H,1-2H3;2*1-2H3. The van der Waals surface area contributed by atoms with Crippen LogP contribution in [0.3, 0.4) is 0 Å². The molecular formula is C16H24O2. The number of hydrogen-bond donors (Lipinski definition) is 1. The first-order valence-corrected chi connectivity index (χ1v) is 6.53. The maximum Gasteiger partial charge on any atom is 0.137 e. The topological polar surface area (TPSA) is 33.4 Å². The van der Waals surface area contributed by atoms with Crippen LogP contribution < -0.4 is 0 Å². The number of phenols is 1. The molecule has 0 saturated heterocycles. The highest BCUT2D eigenvalue weighted by molar-refractivity contribution is 5.66. The summed E-state index contributed by atoms with van der Waals surface area (Å²) in [5.74, 6) is 1.82. The zero-order valence-corrected chi connectivity index (χ0v) is 12.2. The molecule has 0 unspecified atom stereocenters. The first-order valence-electron chi connectivity index (χ1n) is 6.53. The average Bonchev–Trinajstić information content (AvgIpc) is 2.81. The van der Waals surface area contributed by atoms with Crippen LogP contribution in [0.1, 0.15) is 39.0 Å². The number of aryl methyl sites for hydroxylation is 2. The number of hydrogen-bond acceptors (Lipinski definition) is 2. The summed E-state index contributed by atoms with van der Waals surface area (Å²) in [6, 6.07) is 9.29. The van der Waals surface area contributed by atoms with E-state index >= 15 is 0 Å². The third-order valence-corrected chi connectivity index (χ3v) is 2.16. The van der Waals surface area contributed by atoms with Crippen molar-refractivity contribution in [1.29, 1.82) is 0 Å². The molecule has 2 heteroatoms. The Bertz CT molecular complexity index is 456. The van der Waals surface area contributed by atoms with Crippen LogP contribution in [-0.4, -0.2) is 5.11 Å². The van der Waals surface area contributed by atoms with Crippen molar-refractivity contribution in [2.45, 2.75) is 41.5 Å². The van der Waals surface area contributed by atoms with Crippen LogP contribution in [0.2, 0.25) is 0 Å². The van der Waals surface area contributed by atoms with Crippen LogP contribution in [0, 0.1) is 13.8 Å². The predicted octanol–water partition coefficient (Wildman–Crippen LogP) is 5.32. The van der Waals surface area contributed by atoms with Gasteiger partial charge in [0.15, 0.2) is 0 Å². The molecule has 2 nitrogen and oxygen atoms in total. The predicted molar refractivity (Wildman–Crippen MR) is 78.0 cm³/mol. The van der Waals surface area contributed by atoms with Crippen molar-refractivity contribution in [2.75, 3.05) is 0 Å². The van der Waals surface area contributed by atoms with Gasteiger partial charge in [0, 0.05) is 0 Å². The number of benzene rings is 1. The molecule has 0 bridgehead atoms. The highest BCUT2D eigenvalue weighted by Crippen LogP contribution is 2.30. The minimum Gasteiger partial charge on any atom is -0.507 e. The minimum atomic E-state index is 0.263. The molecule has 0 saturated carbocycles. The summed E-state index contributed by atoms with van der Waals surface area (Å²) in [6.45, 7) is 11.8. The molecule has 0 radical (unpaired) electrons. The van der Waals surface area contributed by atoms with Gasteiger partial charge < -0.3 is 9.52 Å². The van der Waals surface area contributed by atoms with Gasteiger partial charge in [-0.15, -0.1) is 0 Å². The fourth-order valence-corrected chi connectivity index (χ4v) is 1.43.